The van der Waals surface area contributed by atoms with Crippen molar-refractivity contribution >= 4 is 29.1 Å². The van der Waals surface area contributed by atoms with Gasteiger partial charge in [-0.05, 0) is 36.8 Å². The summed E-state index contributed by atoms with van der Waals surface area (Å²) in [6.45, 7) is 2.20. The quantitative estimate of drug-likeness (QED) is 0.435. The first-order valence-corrected chi connectivity index (χ1v) is 9.44. The van der Waals surface area contributed by atoms with E-state index < -0.39 is 16.3 Å². The molecule has 0 aliphatic heterocycles. The van der Waals surface area contributed by atoms with E-state index in [9.17, 15) is 20.0 Å². The summed E-state index contributed by atoms with van der Waals surface area (Å²) in [7, 11) is 0. The number of halogens is 1. The number of anilines is 1. The minimum Gasteiger partial charge on any atom is -0.481 e. The summed E-state index contributed by atoms with van der Waals surface area (Å²) in [5.41, 5.74) is -1.09. The third kappa shape index (κ3) is 3.47. The third-order valence-corrected chi connectivity index (χ3v) is 5.99. The van der Waals surface area contributed by atoms with Gasteiger partial charge in [-0.1, -0.05) is 32.6 Å². The van der Waals surface area contributed by atoms with Crippen LogP contribution in [0.15, 0.2) is 6.20 Å². The molecule has 2 atom stereocenters. The fourth-order valence-electron chi connectivity index (χ4n) is 4.20. The van der Waals surface area contributed by atoms with Crippen LogP contribution in [0.4, 0.5) is 11.5 Å². The van der Waals surface area contributed by atoms with Gasteiger partial charge in [0, 0.05) is 12.6 Å². The lowest BCUT2D eigenvalue weighted by molar-refractivity contribution is -0.384. The second-order valence-electron chi connectivity index (χ2n) is 7.30. The Kier molecular flexibility index (Phi) is 5.32. The highest BCUT2D eigenvalue weighted by atomic mass is 35.5. The predicted octanol–water partition coefficient (Wildman–Crippen LogP) is 3.68. The van der Waals surface area contributed by atoms with Crippen LogP contribution in [-0.4, -0.2) is 38.6 Å². The van der Waals surface area contributed by atoms with Crippen molar-refractivity contribution in [3.05, 3.63) is 21.6 Å². The summed E-state index contributed by atoms with van der Waals surface area (Å²) in [5.74, 6) is -0.611. The van der Waals surface area contributed by atoms with Crippen molar-refractivity contribution in [2.24, 2.45) is 11.3 Å². The molecule has 2 saturated carbocycles. The molecule has 1 aromatic heterocycles. The van der Waals surface area contributed by atoms with Crippen LogP contribution in [0.1, 0.15) is 51.9 Å². The lowest BCUT2D eigenvalue weighted by Gasteiger charge is -2.36. The van der Waals surface area contributed by atoms with Crippen molar-refractivity contribution in [3.63, 3.8) is 0 Å². The van der Waals surface area contributed by atoms with E-state index >= 15 is 0 Å². The molecule has 0 aromatic carbocycles. The summed E-state index contributed by atoms with van der Waals surface area (Å²) in [5, 5.41) is 21.2. The number of hydrogen-bond acceptors (Lipinski definition) is 6. The molecule has 1 aromatic rings. The second-order valence-corrected chi connectivity index (χ2v) is 7.63. The van der Waals surface area contributed by atoms with Crippen LogP contribution in [0.5, 0.6) is 0 Å². The van der Waals surface area contributed by atoms with Crippen LogP contribution in [-0.2, 0) is 4.79 Å². The average Bonchev–Trinajstić information content (AvgIpc) is 3.35. The monoisotopic (exact) mass is 382 g/mol. The predicted molar refractivity (Wildman–Crippen MR) is 96.4 cm³/mol. The summed E-state index contributed by atoms with van der Waals surface area (Å²) >= 11 is 5.92. The summed E-state index contributed by atoms with van der Waals surface area (Å²) < 4.78 is 0. The lowest BCUT2D eigenvalue weighted by atomic mass is 9.92. The minimum absolute atomic E-state index is 0.0303. The van der Waals surface area contributed by atoms with E-state index in [2.05, 4.69) is 9.97 Å². The fourth-order valence-corrected chi connectivity index (χ4v) is 4.33. The maximum atomic E-state index is 12.0. The third-order valence-electron chi connectivity index (χ3n) is 5.81. The Morgan fingerprint density at radius 3 is 2.69 bits per heavy atom. The minimum atomic E-state index is -0.864. The number of carbonyl (C=O) groups is 1. The van der Waals surface area contributed by atoms with E-state index in [1.165, 1.54) is 0 Å². The Hall–Kier alpha value is -1.96. The summed E-state index contributed by atoms with van der Waals surface area (Å²) in [6.07, 6.45) is 7.37. The van der Waals surface area contributed by atoms with Gasteiger partial charge in [-0.15, -0.1) is 0 Å². The van der Waals surface area contributed by atoms with Gasteiger partial charge in [0.2, 0.25) is 11.1 Å². The Morgan fingerprint density at radius 2 is 2.15 bits per heavy atom. The van der Waals surface area contributed by atoms with E-state index in [-0.39, 0.29) is 35.3 Å². The van der Waals surface area contributed by atoms with E-state index in [0.29, 0.717) is 6.42 Å². The number of nitrogens with zero attached hydrogens (tertiary/aromatic N) is 4. The molecule has 0 saturated heterocycles. The molecule has 26 heavy (non-hydrogen) atoms. The smallest absolute Gasteiger partial charge is 0.329 e. The number of rotatable bonds is 7. The number of carboxylic acid groups (broad SMARTS) is 1. The van der Waals surface area contributed by atoms with Crippen LogP contribution in [0.25, 0.3) is 0 Å². The molecule has 1 heterocycles. The molecule has 1 N–H and O–H groups in total. The highest BCUT2D eigenvalue weighted by molar-refractivity contribution is 6.28. The summed E-state index contributed by atoms with van der Waals surface area (Å²) in [6, 6.07) is 0.0303. The molecule has 2 unspecified atom stereocenters. The molecule has 2 aliphatic carbocycles. The van der Waals surface area contributed by atoms with Crippen molar-refractivity contribution in [1.82, 2.24) is 9.97 Å². The van der Waals surface area contributed by atoms with Crippen molar-refractivity contribution in [2.75, 3.05) is 11.4 Å². The number of hydrogen-bond donors (Lipinski definition) is 1. The molecule has 9 heteroatoms. The Morgan fingerprint density at radius 1 is 1.46 bits per heavy atom. The molecule has 2 aliphatic rings. The largest absolute Gasteiger partial charge is 0.481 e. The Bertz CT molecular complexity index is 710. The van der Waals surface area contributed by atoms with Gasteiger partial charge in [-0.25, -0.2) is 4.98 Å². The van der Waals surface area contributed by atoms with E-state index in [1.807, 2.05) is 11.8 Å². The van der Waals surface area contributed by atoms with E-state index in [1.54, 1.807) is 0 Å². The fraction of sp³-hybridized carbons (Fsp3) is 0.706. The molecule has 0 spiro atoms. The number of aromatic nitrogens is 2. The second kappa shape index (κ2) is 7.34. The van der Waals surface area contributed by atoms with Crippen LogP contribution >= 0.6 is 11.6 Å². The zero-order valence-corrected chi connectivity index (χ0v) is 15.5. The average molecular weight is 383 g/mol. The van der Waals surface area contributed by atoms with Crippen molar-refractivity contribution in [3.8, 4) is 0 Å². The number of carboxylic acids is 1. The number of aliphatic carboxylic acids is 1. The first kappa shape index (κ1) is 18.8. The van der Waals surface area contributed by atoms with Crippen LogP contribution < -0.4 is 4.90 Å². The van der Waals surface area contributed by atoms with Crippen LogP contribution in [0.3, 0.4) is 0 Å². The van der Waals surface area contributed by atoms with Gasteiger partial charge in [0.25, 0.3) is 0 Å². The van der Waals surface area contributed by atoms with Crippen LogP contribution in [0.2, 0.25) is 5.28 Å². The molecule has 0 radical (unpaired) electrons. The summed E-state index contributed by atoms with van der Waals surface area (Å²) in [4.78, 5) is 32.6. The molecule has 3 rings (SSSR count). The zero-order chi connectivity index (χ0) is 18.9. The molecular formula is C17H23ClN4O4. The Balaban J connectivity index is 2.01. The molecule has 8 nitrogen and oxygen atoms in total. The zero-order valence-electron chi connectivity index (χ0n) is 14.7. The normalized spacial score (nSPS) is 25.7. The number of nitro groups is 1. The maximum Gasteiger partial charge on any atom is 0.329 e. The van der Waals surface area contributed by atoms with Crippen molar-refractivity contribution in [2.45, 2.75) is 57.9 Å². The highest BCUT2D eigenvalue weighted by Crippen LogP contribution is 2.56. The molecular weight excluding hydrogens is 360 g/mol. The maximum absolute atomic E-state index is 12.0. The van der Waals surface area contributed by atoms with Gasteiger partial charge in [-0.2, -0.15) is 4.98 Å². The van der Waals surface area contributed by atoms with Gasteiger partial charge in [0.05, 0.1) is 10.3 Å². The molecule has 0 bridgehead atoms. The Labute approximate surface area is 156 Å². The van der Waals surface area contributed by atoms with Gasteiger partial charge in [0.1, 0.15) is 6.20 Å². The van der Waals surface area contributed by atoms with Crippen LogP contribution in [0, 0.1) is 21.4 Å². The van der Waals surface area contributed by atoms with E-state index in [0.717, 1.165) is 44.7 Å². The van der Waals surface area contributed by atoms with E-state index in [4.69, 9.17) is 11.6 Å². The first-order chi connectivity index (χ1) is 12.4. The van der Waals surface area contributed by atoms with Gasteiger partial charge >= 0.3 is 11.7 Å². The lowest BCUT2D eigenvalue weighted by Crippen LogP contribution is -2.44. The SMILES string of the molecule is CCC1CC1(CN(c1nc(Cl)ncc1[N+](=O)[O-])C1CCCCC1)C(=O)O. The van der Waals surface area contributed by atoms with Crippen molar-refractivity contribution < 1.29 is 14.8 Å². The molecule has 0 amide bonds. The molecule has 2 fully saturated rings. The van der Waals surface area contributed by atoms with Gasteiger partial charge < -0.3 is 10.0 Å². The highest BCUT2D eigenvalue weighted by Gasteiger charge is 2.60. The van der Waals surface area contributed by atoms with Crippen molar-refractivity contribution in [1.29, 1.82) is 0 Å². The standard InChI is InChI=1S/C17H23ClN4O4/c1-2-11-8-17(11,15(23)24)10-21(12-6-4-3-5-7-12)14-13(22(25)26)9-19-16(18)20-14/h9,11-12H,2-8,10H2,1H3,(H,23,24). The topological polar surface area (TPSA) is 109 Å². The first-order valence-electron chi connectivity index (χ1n) is 9.06. The van der Waals surface area contributed by atoms with Gasteiger partial charge in [0.15, 0.2) is 0 Å². The van der Waals surface area contributed by atoms with Gasteiger partial charge in [-0.3, -0.25) is 14.9 Å². The molecule has 142 valence electrons.